The van der Waals surface area contributed by atoms with Gasteiger partial charge in [0.15, 0.2) is 0 Å². The van der Waals surface area contributed by atoms with Crippen LogP contribution in [0.4, 0.5) is 0 Å². The highest BCUT2D eigenvalue weighted by molar-refractivity contribution is 5.69. The third kappa shape index (κ3) is 40.2. The molecule has 0 atom stereocenters. The summed E-state index contributed by atoms with van der Waals surface area (Å²) in [5, 5.41) is 17.4. The zero-order valence-electron chi connectivity index (χ0n) is 39.2. The van der Waals surface area contributed by atoms with E-state index in [9.17, 15) is 14.4 Å². The average molecular weight is 866 g/mol. The number of aliphatic carboxylic acids is 2. The summed E-state index contributed by atoms with van der Waals surface area (Å²) in [4.78, 5) is 35.5. The van der Waals surface area contributed by atoms with Crippen molar-refractivity contribution in [3.05, 3.63) is 72.4 Å². The van der Waals surface area contributed by atoms with Gasteiger partial charge in [0.2, 0.25) is 0 Å². The number of carboxylic acids is 2. The molecule has 0 bridgehead atoms. The van der Waals surface area contributed by atoms with Gasteiger partial charge < -0.3 is 29.3 Å². The van der Waals surface area contributed by atoms with Gasteiger partial charge >= 0.3 is 17.9 Å². The number of carboxylic acid groups (broad SMARTS) is 2. The molecule has 0 heterocycles. The number of carbonyl (C=O) groups is 3. The number of hydrogen-bond acceptors (Lipinski definition) is 7. The molecule has 0 aliphatic rings. The molecule has 0 saturated heterocycles. The van der Waals surface area contributed by atoms with E-state index in [2.05, 4.69) is 53.5 Å². The minimum absolute atomic E-state index is 0.183. The van der Waals surface area contributed by atoms with Gasteiger partial charge in [0.05, 0.1) is 13.2 Å². The molecule has 2 N–H and O–H groups in total. The summed E-state index contributed by atoms with van der Waals surface area (Å²) >= 11 is 0. The second-order valence-electron chi connectivity index (χ2n) is 16.9. The molecule has 1 aromatic rings. The fourth-order valence-electron chi connectivity index (χ4n) is 6.98. The van der Waals surface area contributed by atoms with Crippen LogP contribution in [-0.4, -0.2) is 66.9 Å². The predicted molar refractivity (Wildman–Crippen MR) is 256 cm³/mol. The third-order valence-corrected chi connectivity index (χ3v) is 10.6. The van der Waals surface area contributed by atoms with Crippen LogP contribution in [-0.2, 0) is 25.7 Å². The number of unbranched alkanes of at least 4 members (excludes halogenated alkanes) is 20. The Balaban J connectivity index is 2.27. The number of allylic oxidation sites excluding steroid dienone is 8. The summed E-state index contributed by atoms with van der Waals surface area (Å²) in [5.41, 5.74) is 0.883. The minimum Gasteiger partial charge on any atom is -0.493 e. The van der Waals surface area contributed by atoms with Gasteiger partial charge in [0.1, 0.15) is 18.1 Å². The fourth-order valence-corrected chi connectivity index (χ4v) is 6.98. The van der Waals surface area contributed by atoms with Crippen LogP contribution >= 0.6 is 0 Å². The lowest BCUT2D eigenvalue weighted by atomic mass is 10.1. The van der Waals surface area contributed by atoms with Crippen molar-refractivity contribution >= 4 is 17.9 Å². The number of rotatable bonds is 44. The first kappa shape index (κ1) is 56.2. The largest absolute Gasteiger partial charge is 0.493 e. The molecule has 0 aliphatic heterocycles. The van der Waals surface area contributed by atoms with Crippen LogP contribution in [0.15, 0.2) is 66.8 Å². The topological polar surface area (TPSA) is 123 Å². The van der Waals surface area contributed by atoms with Gasteiger partial charge in [-0.15, -0.1) is 0 Å². The van der Waals surface area contributed by atoms with E-state index in [1.54, 1.807) is 0 Å². The summed E-state index contributed by atoms with van der Waals surface area (Å²) < 4.78 is 18.0. The molecule has 0 aromatic heterocycles. The zero-order valence-corrected chi connectivity index (χ0v) is 39.2. The van der Waals surface area contributed by atoms with Crippen molar-refractivity contribution in [3.63, 3.8) is 0 Å². The van der Waals surface area contributed by atoms with Crippen LogP contribution in [0.3, 0.4) is 0 Å². The average Bonchev–Trinajstić information content (AvgIpc) is 3.24. The molecule has 0 unspecified atom stereocenters. The van der Waals surface area contributed by atoms with Gasteiger partial charge in [-0.2, -0.15) is 0 Å². The lowest BCUT2D eigenvalue weighted by Crippen LogP contribution is -2.15. The Hall–Kier alpha value is -3.85. The molecule has 9 nitrogen and oxygen atoms in total. The molecule has 0 fully saturated rings. The first-order valence-electron chi connectivity index (χ1n) is 24.5. The highest BCUT2D eigenvalue weighted by atomic mass is 16.5. The van der Waals surface area contributed by atoms with E-state index in [-0.39, 0.29) is 12.6 Å². The van der Waals surface area contributed by atoms with E-state index in [1.807, 2.05) is 32.3 Å². The summed E-state index contributed by atoms with van der Waals surface area (Å²) in [5.74, 6) is -0.0383. The minimum atomic E-state index is -0.690. The van der Waals surface area contributed by atoms with E-state index in [4.69, 9.17) is 24.4 Å². The molecule has 0 spiro atoms. The SMILES string of the molecule is CN(C)CCCC(=O)OCc1cc(OCCCCCCC/C=C\C/C=C\CCCCCCCC(=O)O)cc(OCCCCCCC/C=C\C/C=C\CCCCCCCC(=O)O)c1. The Labute approximate surface area is 377 Å². The highest BCUT2D eigenvalue weighted by Gasteiger charge is 2.09. The number of ether oxygens (including phenoxy) is 3. The number of esters is 1. The molecule has 0 aliphatic carbocycles. The molecular weight excluding hydrogens is 779 g/mol. The summed E-state index contributed by atoms with van der Waals surface area (Å²) in [6.45, 7) is 2.36. The Morgan fingerprint density at radius 2 is 0.839 bits per heavy atom. The van der Waals surface area contributed by atoms with E-state index in [1.165, 1.54) is 64.2 Å². The molecular formula is C53H87NO8. The first-order valence-corrected chi connectivity index (χ1v) is 24.5. The molecule has 1 rings (SSSR count). The maximum Gasteiger partial charge on any atom is 0.306 e. The lowest BCUT2D eigenvalue weighted by Gasteiger charge is -2.13. The quantitative estimate of drug-likeness (QED) is 0.0375. The third-order valence-electron chi connectivity index (χ3n) is 10.6. The van der Waals surface area contributed by atoms with Crippen LogP contribution in [0.25, 0.3) is 0 Å². The van der Waals surface area contributed by atoms with Crippen LogP contribution in [0, 0.1) is 0 Å². The Kier molecular flexibility index (Phi) is 38.5. The molecule has 62 heavy (non-hydrogen) atoms. The first-order chi connectivity index (χ1) is 30.3. The van der Waals surface area contributed by atoms with Crippen molar-refractivity contribution in [2.45, 2.75) is 199 Å². The Morgan fingerprint density at radius 1 is 0.468 bits per heavy atom. The van der Waals surface area contributed by atoms with Crippen molar-refractivity contribution in [3.8, 4) is 11.5 Å². The van der Waals surface area contributed by atoms with Crippen molar-refractivity contribution in [2.24, 2.45) is 0 Å². The van der Waals surface area contributed by atoms with Gasteiger partial charge in [-0.25, -0.2) is 0 Å². The molecule has 352 valence electrons. The number of nitrogens with zero attached hydrogens (tertiary/aromatic N) is 1. The Bertz CT molecular complexity index is 1280. The molecule has 0 radical (unpaired) electrons. The standard InChI is InChI=1S/C53H87NO8/c1-54(2)41-37-40-53(59)62-47-48-44-49(60-42-35-31-27-23-19-15-11-7-3-5-9-13-17-21-25-29-33-38-51(55)56)46-50(45-48)61-43-36-32-28-24-20-16-12-8-4-6-10-14-18-22-26-30-34-39-52(57)58/h5-12,44-46H,3-4,13-43,47H2,1-2H3,(H,55,56)(H,57,58)/b9-5-,10-6-,11-7-,12-8-. The van der Waals surface area contributed by atoms with Crippen LogP contribution < -0.4 is 9.47 Å². The maximum absolute atomic E-state index is 12.4. The van der Waals surface area contributed by atoms with Crippen molar-refractivity contribution in [2.75, 3.05) is 33.9 Å². The number of hydrogen-bond donors (Lipinski definition) is 2. The molecule has 1 aromatic carbocycles. The Morgan fingerprint density at radius 3 is 1.23 bits per heavy atom. The van der Waals surface area contributed by atoms with Gasteiger partial charge in [-0.05, 0) is 135 Å². The van der Waals surface area contributed by atoms with Gasteiger partial charge in [-0.3, -0.25) is 14.4 Å². The van der Waals surface area contributed by atoms with Crippen LogP contribution in [0.1, 0.15) is 198 Å². The van der Waals surface area contributed by atoms with Crippen LogP contribution in [0.5, 0.6) is 11.5 Å². The van der Waals surface area contributed by atoms with E-state index < -0.39 is 11.9 Å². The van der Waals surface area contributed by atoms with E-state index >= 15 is 0 Å². The predicted octanol–water partition coefficient (Wildman–Crippen LogP) is 14.1. The van der Waals surface area contributed by atoms with Crippen LogP contribution in [0.2, 0.25) is 0 Å². The van der Waals surface area contributed by atoms with Crippen molar-refractivity contribution < 1.29 is 38.8 Å². The van der Waals surface area contributed by atoms with Crippen molar-refractivity contribution in [1.29, 1.82) is 0 Å². The van der Waals surface area contributed by atoms with Gasteiger partial charge in [-0.1, -0.05) is 126 Å². The maximum atomic E-state index is 12.4. The smallest absolute Gasteiger partial charge is 0.306 e. The number of benzene rings is 1. The number of carbonyl (C=O) groups excluding carboxylic acids is 1. The van der Waals surface area contributed by atoms with E-state index in [0.717, 1.165) is 133 Å². The zero-order chi connectivity index (χ0) is 45.0. The summed E-state index contributed by atoms with van der Waals surface area (Å²) in [6, 6.07) is 5.90. The van der Waals surface area contributed by atoms with Gasteiger partial charge in [0.25, 0.3) is 0 Å². The monoisotopic (exact) mass is 866 g/mol. The normalized spacial score (nSPS) is 11.9. The summed E-state index contributed by atoms with van der Waals surface area (Å²) in [7, 11) is 4.01. The lowest BCUT2D eigenvalue weighted by molar-refractivity contribution is -0.145. The second-order valence-corrected chi connectivity index (χ2v) is 16.9. The van der Waals surface area contributed by atoms with Crippen molar-refractivity contribution in [1.82, 2.24) is 4.90 Å². The highest BCUT2D eigenvalue weighted by Crippen LogP contribution is 2.25. The molecule has 9 heteroatoms. The summed E-state index contributed by atoms with van der Waals surface area (Å²) in [6.07, 6.45) is 48.5. The van der Waals surface area contributed by atoms with Gasteiger partial charge in [0, 0.05) is 25.3 Å². The second kappa shape index (κ2) is 42.5. The molecule has 0 saturated carbocycles. The molecule has 0 amide bonds. The fraction of sp³-hybridized carbons (Fsp3) is 0.679. The van der Waals surface area contributed by atoms with E-state index in [0.29, 0.717) is 32.5 Å².